The number of ether oxygens (including phenoxy) is 1. The van der Waals surface area contributed by atoms with Crippen LogP contribution in [0.5, 0.6) is 0 Å². The summed E-state index contributed by atoms with van der Waals surface area (Å²) in [5, 5.41) is 21.4. The highest BCUT2D eigenvalue weighted by Crippen LogP contribution is 2.34. The third kappa shape index (κ3) is 4.46. The zero-order valence-electron chi connectivity index (χ0n) is 21.2. The number of allylic oxidation sites excluding steroid dienone is 1. The molecular formula is C28H34FN5O2. The number of benzene rings is 2. The number of hydrazone groups is 1. The van der Waals surface area contributed by atoms with Crippen LogP contribution in [0.15, 0.2) is 64.2 Å². The van der Waals surface area contributed by atoms with Gasteiger partial charge in [0.2, 0.25) is 0 Å². The Kier molecular flexibility index (Phi) is 6.71. The van der Waals surface area contributed by atoms with E-state index in [9.17, 15) is 9.50 Å². The second-order valence-corrected chi connectivity index (χ2v) is 9.90. The molecule has 2 unspecified atom stereocenters. The molecule has 3 atom stereocenters. The van der Waals surface area contributed by atoms with E-state index < -0.39 is 0 Å². The zero-order valence-corrected chi connectivity index (χ0v) is 21.2. The summed E-state index contributed by atoms with van der Waals surface area (Å²) in [6.45, 7) is 7.46. The molecule has 1 aliphatic carbocycles. The van der Waals surface area contributed by atoms with Crippen LogP contribution >= 0.6 is 0 Å². The molecule has 2 aliphatic heterocycles. The van der Waals surface area contributed by atoms with Crippen LogP contribution in [-0.4, -0.2) is 66.5 Å². The van der Waals surface area contributed by atoms with Crippen LogP contribution in [-0.2, 0) is 4.74 Å². The largest absolute Gasteiger partial charge is 0.487 e. The molecule has 5 rings (SSSR count). The molecule has 2 aromatic rings. The number of rotatable bonds is 4. The maximum atomic E-state index is 14.8. The van der Waals surface area contributed by atoms with Crippen molar-refractivity contribution in [3.05, 3.63) is 65.4 Å². The number of hydrogen-bond donors (Lipinski definition) is 2. The molecule has 3 aliphatic rings. The summed E-state index contributed by atoms with van der Waals surface area (Å²) in [6.07, 6.45) is 5.47. The van der Waals surface area contributed by atoms with Gasteiger partial charge in [-0.05, 0) is 50.3 Å². The number of halogens is 1. The summed E-state index contributed by atoms with van der Waals surface area (Å²) < 4.78 is 20.7. The third-order valence-corrected chi connectivity index (χ3v) is 7.52. The first-order chi connectivity index (χ1) is 17.4. The fourth-order valence-corrected chi connectivity index (χ4v) is 5.44. The van der Waals surface area contributed by atoms with Crippen LogP contribution in [0, 0.1) is 11.7 Å². The lowest BCUT2D eigenvalue weighted by molar-refractivity contribution is 0.0976. The van der Waals surface area contributed by atoms with Crippen molar-refractivity contribution < 1.29 is 14.2 Å². The van der Waals surface area contributed by atoms with Gasteiger partial charge < -0.3 is 20.1 Å². The van der Waals surface area contributed by atoms with Crippen molar-refractivity contribution in [2.75, 3.05) is 32.6 Å². The number of likely N-dealkylation sites (N-methyl/N-ethyl adjacent to an activating group) is 1. The van der Waals surface area contributed by atoms with Crippen molar-refractivity contribution in [2.24, 2.45) is 16.0 Å². The van der Waals surface area contributed by atoms with E-state index in [4.69, 9.17) is 4.74 Å². The van der Waals surface area contributed by atoms with Gasteiger partial charge in [-0.3, -0.25) is 4.99 Å². The van der Waals surface area contributed by atoms with Crippen LogP contribution < -0.4 is 5.32 Å². The smallest absolute Gasteiger partial charge is 0.169 e. The van der Waals surface area contributed by atoms with Gasteiger partial charge in [0.25, 0.3) is 0 Å². The molecule has 190 valence electrons. The van der Waals surface area contributed by atoms with Crippen molar-refractivity contribution in [1.82, 2.24) is 9.91 Å². The van der Waals surface area contributed by atoms with Gasteiger partial charge in [-0.1, -0.05) is 25.1 Å². The standard InChI is InChI=1S/C28H34FN5O2/c1-17-27-26(33(4)12-13-36-27)16-31-34(17)28(30-3)20-8-9-22-23(15-20)25(11-10-24(22)29)32-21-7-5-6-19(14-21)18(2)35/h8-11,15-16,18-19,21,32,35H,1,5-7,12-14H2,2-4H3/t18?,19?,21-/m1/s1. The molecule has 8 heteroatoms. The molecule has 0 aromatic heterocycles. The molecule has 0 saturated heterocycles. The Morgan fingerprint density at radius 1 is 1.28 bits per heavy atom. The number of nitrogens with zero attached hydrogens (tertiary/aromatic N) is 4. The van der Waals surface area contributed by atoms with E-state index in [2.05, 4.69) is 26.9 Å². The number of amidine groups is 1. The summed E-state index contributed by atoms with van der Waals surface area (Å²) in [5.74, 6) is 1.31. The first kappa shape index (κ1) is 24.3. The highest BCUT2D eigenvalue weighted by molar-refractivity contribution is 6.06. The summed E-state index contributed by atoms with van der Waals surface area (Å²) in [5.41, 5.74) is 3.19. The van der Waals surface area contributed by atoms with E-state index in [0.29, 0.717) is 29.3 Å². The minimum atomic E-state index is -0.323. The number of anilines is 1. The zero-order chi connectivity index (χ0) is 25.4. The summed E-state index contributed by atoms with van der Waals surface area (Å²) in [4.78, 5) is 6.62. The topological polar surface area (TPSA) is 72.7 Å². The van der Waals surface area contributed by atoms with Gasteiger partial charge >= 0.3 is 0 Å². The van der Waals surface area contributed by atoms with Gasteiger partial charge in [0.15, 0.2) is 11.6 Å². The summed E-state index contributed by atoms with van der Waals surface area (Å²) in [7, 11) is 3.72. The third-order valence-electron chi connectivity index (χ3n) is 7.52. The van der Waals surface area contributed by atoms with Crippen LogP contribution in [0.25, 0.3) is 10.8 Å². The van der Waals surface area contributed by atoms with Crippen LogP contribution in [0.1, 0.15) is 38.2 Å². The van der Waals surface area contributed by atoms with E-state index in [1.807, 2.05) is 26.1 Å². The molecular weight excluding hydrogens is 457 g/mol. The van der Waals surface area contributed by atoms with Gasteiger partial charge in [-0.15, -0.1) is 0 Å². The van der Waals surface area contributed by atoms with Gasteiger partial charge in [0.1, 0.15) is 23.8 Å². The monoisotopic (exact) mass is 491 g/mol. The number of fused-ring (bicyclic) bond motifs is 1. The van der Waals surface area contributed by atoms with Crippen LogP contribution in [0.4, 0.5) is 10.1 Å². The van der Waals surface area contributed by atoms with Crippen molar-refractivity contribution >= 4 is 28.5 Å². The van der Waals surface area contributed by atoms with E-state index in [0.717, 1.165) is 54.6 Å². The summed E-state index contributed by atoms with van der Waals surface area (Å²) in [6, 6.07) is 9.15. The predicted octanol–water partition coefficient (Wildman–Crippen LogP) is 4.70. The molecule has 2 heterocycles. The fraction of sp³-hybridized carbons (Fsp3) is 0.429. The normalized spacial score (nSPS) is 23.6. The number of hydrogen-bond acceptors (Lipinski definition) is 6. The minimum absolute atomic E-state index is 0.229. The van der Waals surface area contributed by atoms with Gasteiger partial charge in [0, 0.05) is 42.2 Å². The molecule has 0 radical (unpaired) electrons. The lowest BCUT2D eigenvalue weighted by Crippen LogP contribution is -2.38. The number of aliphatic imine (C=N–C) groups is 1. The first-order valence-electron chi connectivity index (χ1n) is 12.6. The van der Waals surface area contributed by atoms with E-state index in [1.165, 1.54) is 6.07 Å². The highest BCUT2D eigenvalue weighted by atomic mass is 19.1. The molecule has 2 aromatic carbocycles. The van der Waals surface area contributed by atoms with Gasteiger partial charge in [-0.2, -0.15) is 5.10 Å². The second kappa shape index (κ2) is 9.93. The number of nitrogens with one attached hydrogen (secondary N) is 1. The average Bonchev–Trinajstić information content (AvgIpc) is 2.88. The molecule has 0 amide bonds. The number of aliphatic hydroxyl groups is 1. The number of aliphatic hydroxyl groups excluding tert-OH is 1. The Labute approximate surface area is 211 Å². The Morgan fingerprint density at radius 2 is 2.11 bits per heavy atom. The molecule has 0 spiro atoms. The quantitative estimate of drug-likeness (QED) is 0.479. The SMILES string of the molecule is C=C1C2=C(C=NN1C(=NC)c1ccc3c(F)ccc(N[C@@H]4CCCC(C(C)O)C4)c3c1)N(C)CCO2. The van der Waals surface area contributed by atoms with Crippen molar-refractivity contribution in [3.8, 4) is 0 Å². The van der Waals surface area contributed by atoms with Crippen molar-refractivity contribution in [1.29, 1.82) is 0 Å². The summed E-state index contributed by atoms with van der Waals surface area (Å²) >= 11 is 0. The van der Waals surface area contributed by atoms with E-state index >= 15 is 0 Å². The average molecular weight is 492 g/mol. The Hall–Kier alpha value is -3.39. The van der Waals surface area contributed by atoms with Gasteiger partial charge in [0.05, 0.1) is 18.9 Å². The highest BCUT2D eigenvalue weighted by Gasteiger charge is 2.30. The lowest BCUT2D eigenvalue weighted by Gasteiger charge is -2.35. The van der Waals surface area contributed by atoms with Crippen molar-refractivity contribution in [2.45, 2.75) is 44.8 Å². The van der Waals surface area contributed by atoms with Crippen molar-refractivity contribution in [3.63, 3.8) is 0 Å². The molecule has 2 N–H and O–H groups in total. The Balaban J connectivity index is 1.47. The second-order valence-electron chi connectivity index (χ2n) is 9.90. The Bertz CT molecular complexity index is 1270. The van der Waals surface area contributed by atoms with Crippen LogP contribution in [0.2, 0.25) is 0 Å². The minimum Gasteiger partial charge on any atom is -0.487 e. The fourth-order valence-electron chi connectivity index (χ4n) is 5.44. The predicted molar refractivity (Wildman–Crippen MR) is 142 cm³/mol. The maximum Gasteiger partial charge on any atom is 0.169 e. The van der Waals surface area contributed by atoms with E-state index in [1.54, 1.807) is 30.4 Å². The first-order valence-corrected chi connectivity index (χ1v) is 12.6. The molecule has 36 heavy (non-hydrogen) atoms. The molecule has 1 saturated carbocycles. The van der Waals surface area contributed by atoms with Crippen LogP contribution in [0.3, 0.4) is 0 Å². The Morgan fingerprint density at radius 3 is 2.89 bits per heavy atom. The molecule has 0 bridgehead atoms. The lowest BCUT2D eigenvalue weighted by atomic mass is 9.82. The van der Waals surface area contributed by atoms with E-state index in [-0.39, 0.29) is 23.9 Å². The molecule has 7 nitrogen and oxygen atoms in total. The van der Waals surface area contributed by atoms with Gasteiger partial charge in [-0.25, -0.2) is 9.40 Å². The maximum absolute atomic E-state index is 14.8. The molecule has 1 fully saturated rings.